The first-order chi connectivity index (χ1) is 10.1. The summed E-state index contributed by atoms with van der Waals surface area (Å²) >= 11 is 0. The van der Waals surface area contributed by atoms with Gasteiger partial charge in [-0.25, -0.2) is 4.39 Å². The highest BCUT2D eigenvalue weighted by Gasteiger charge is 2.14. The van der Waals surface area contributed by atoms with Crippen molar-refractivity contribution in [3.05, 3.63) is 71.0 Å². The van der Waals surface area contributed by atoms with E-state index in [1.807, 2.05) is 38.1 Å². The SMILES string of the molecule is CCN(Cc1ccccc1C)C(=O)Cc1cccc(F)c1. The normalized spacial score (nSPS) is 10.4. The monoisotopic (exact) mass is 285 g/mol. The number of halogens is 1. The second-order valence-corrected chi connectivity index (χ2v) is 5.14. The number of aryl methyl sites for hydroxylation is 1. The maximum atomic E-state index is 13.2. The van der Waals surface area contributed by atoms with E-state index in [9.17, 15) is 9.18 Å². The first kappa shape index (κ1) is 15.2. The lowest BCUT2D eigenvalue weighted by Gasteiger charge is -2.22. The average molecular weight is 285 g/mol. The third kappa shape index (κ3) is 4.15. The van der Waals surface area contributed by atoms with Gasteiger partial charge in [0.05, 0.1) is 6.42 Å². The maximum Gasteiger partial charge on any atom is 0.227 e. The molecule has 0 unspecified atom stereocenters. The van der Waals surface area contributed by atoms with Crippen LogP contribution in [0.15, 0.2) is 48.5 Å². The minimum atomic E-state index is -0.303. The summed E-state index contributed by atoms with van der Waals surface area (Å²) in [6.45, 7) is 5.24. The molecule has 0 aliphatic rings. The summed E-state index contributed by atoms with van der Waals surface area (Å²) in [5.74, 6) is -0.284. The van der Waals surface area contributed by atoms with Crippen molar-refractivity contribution in [2.45, 2.75) is 26.8 Å². The van der Waals surface area contributed by atoms with Crippen molar-refractivity contribution in [2.75, 3.05) is 6.54 Å². The van der Waals surface area contributed by atoms with E-state index in [0.717, 1.165) is 5.56 Å². The van der Waals surface area contributed by atoms with E-state index in [1.54, 1.807) is 17.0 Å². The lowest BCUT2D eigenvalue weighted by Crippen LogP contribution is -2.31. The lowest BCUT2D eigenvalue weighted by molar-refractivity contribution is -0.130. The third-order valence-electron chi connectivity index (χ3n) is 3.60. The van der Waals surface area contributed by atoms with Gasteiger partial charge in [-0.15, -0.1) is 0 Å². The van der Waals surface area contributed by atoms with Crippen LogP contribution in [0.25, 0.3) is 0 Å². The zero-order chi connectivity index (χ0) is 15.2. The largest absolute Gasteiger partial charge is 0.338 e. The summed E-state index contributed by atoms with van der Waals surface area (Å²) in [6.07, 6.45) is 0.234. The fraction of sp³-hybridized carbons (Fsp3) is 0.278. The molecular formula is C18H20FNO. The zero-order valence-corrected chi connectivity index (χ0v) is 12.5. The van der Waals surface area contributed by atoms with Crippen molar-refractivity contribution >= 4 is 5.91 Å². The van der Waals surface area contributed by atoms with Crippen LogP contribution in [0.4, 0.5) is 4.39 Å². The van der Waals surface area contributed by atoms with Gasteiger partial charge in [0.15, 0.2) is 0 Å². The van der Waals surface area contributed by atoms with Crippen LogP contribution < -0.4 is 0 Å². The Balaban J connectivity index is 2.07. The molecule has 2 rings (SSSR count). The molecule has 0 atom stereocenters. The Morgan fingerprint density at radius 2 is 1.90 bits per heavy atom. The Labute approximate surface area is 125 Å². The molecule has 21 heavy (non-hydrogen) atoms. The topological polar surface area (TPSA) is 20.3 Å². The minimum absolute atomic E-state index is 0.0198. The van der Waals surface area contributed by atoms with E-state index < -0.39 is 0 Å². The van der Waals surface area contributed by atoms with Crippen LogP contribution in [0, 0.1) is 12.7 Å². The highest BCUT2D eigenvalue weighted by atomic mass is 19.1. The van der Waals surface area contributed by atoms with Crippen molar-refractivity contribution in [1.29, 1.82) is 0 Å². The molecule has 0 N–H and O–H groups in total. The van der Waals surface area contributed by atoms with Gasteiger partial charge >= 0.3 is 0 Å². The van der Waals surface area contributed by atoms with E-state index in [4.69, 9.17) is 0 Å². The number of rotatable bonds is 5. The summed E-state index contributed by atoms with van der Waals surface area (Å²) in [6, 6.07) is 14.3. The van der Waals surface area contributed by atoms with E-state index >= 15 is 0 Å². The molecule has 2 aromatic rings. The second kappa shape index (κ2) is 7.02. The number of likely N-dealkylation sites (N-methyl/N-ethyl adjacent to an activating group) is 1. The van der Waals surface area contributed by atoms with Gasteiger partial charge in [0.1, 0.15) is 5.82 Å². The van der Waals surface area contributed by atoms with Crippen LogP contribution in [0.5, 0.6) is 0 Å². The minimum Gasteiger partial charge on any atom is -0.338 e. The summed E-state index contributed by atoms with van der Waals surface area (Å²) in [7, 11) is 0. The van der Waals surface area contributed by atoms with Gasteiger partial charge in [0.25, 0.3) is 0 Å². The molecule has 0 fully saturated rings. The van der Waals surface area contributed by atoms with Crippen molar-refractivity contribution in [1.82, 2.24) is 4.90 Å². The second-order valence-electron chi connectivity index (χ2n) is 5.14. The molecule has 1 amide bonds. The molecule has 0 saturated heterocycles. The molecule has 0 aromatic heterocycles. The van der Waals surface area contributed by atoms with E-state index in [1.165, 1.54) is 17.7 Å². The van der Waals surface area contributed by atoms with E-state index in [-0.39, 0.29) is 18.1 Å². The molecule has 0 aliphatic heterocycles. The van der Waals surface area contributed by atoms with Gasteiger partial charge in [-0.05, 0) is 42.7 Å². The summed E-state index contributed by atoms with van der Waals surface area (Å²) in [4.78, 5) is 14.2. The van der Waals surface area contributed by atoms with Crippen molar-refractivity contribution in [3.8, 4) is 0 Å². The average Bonchev–Trinajstić information content (AvgIpc) is 2.46. The van der Waals surface area contributed by atoms with Crippen molar-refractivity contribution < 1.29 is 9.18 Å². The Hall–Kier alpha value is -2.16. The van der Waals surface area contributed by atoms with Crippen molar-refractivity contribution in [2.24, 2.45) is 0 Å². The Kier molecular flexibility index (Phi) is 5.09. The zero-order valence-electron chi connectivity index (χ0n) is 12.5. The van der Waals surface area contributed by atoms with E-state index in [0.29, 0.717) is 18.7 Å². The number of benzene rings is 2. The van der Waals surface area contributed by atoms with Crippen LogP contribution in [0.1, 0.15) is 23.6 Å². The predicted molar refractivity (Wildman–Crippen MR) is 82.4 cm³/mol. The van der Waals surface area contributed by atoms with Gasteiger partial charge in [-0.3, -0.25) is 4.79 Å². The van der Waals surface area contributed by atoms with Crippen LogP contribution in [-0.4, -0.2) is 17.4 Å². The van der Waals surface area contributed by atoms with Gasteiger partial charge in [0.2, 0.25) is 5.91 Å². The lowest BCUT2D eigenvalue weighted by atomic mass is 10.1. The van der Waals surface area contributed by atoms with E-state index in [2.05, 4.69) is 0 Å². The molecule has 2 nitrogen and oxygen atoms in total. The molecule has 0 aliphatic carbocycles. The molecule has 2 aromatic carbocycles. The molecule has 0 spiro atoms. The highest BCUT2D eigenvalue weighted by Crippen LogP contribution is 2.12. The highest BCUT2D eigenvalue weighted by molar-refractivity contribution is 5.78. The smallest absolute Gasteiger partial charge is 0.227 e. The van der Waals surface area contributed by atoms with Gasteiger partial charge < -0.3 is 4.90 Å². The quantitative estimate of drug-likeness (QED) is 0.820. The number of carbonyl (C=O) groups is 1. The van der Waals surface area contributed by atoms with Crippen LogP contribution in [-0.2, 0) is 17.8 Å². The van der Waals surface area contributed by atoms with Gasteiger partial charge in [-0.2, -0.15) is 0 Å². The fourth-order valence-electron chi connectivity index (χ4n) is 2.30. The third-order valence-corrected chi connectivity index (χ3v) is 3.60. The molecule has 0 heterocycles. The molecule has 0 saturated carbocycles. The number of hydrogen-bond acceptors (Lipinski definition) is 1. The van der Waals surface area contributed by atoms with Crippen molar-refractivity contribution in [3.63, 3.8) is 0 Å². The molecule has 110 valence electrons. The number of hydrogen-bond donors (Lipinski definition) is 0. The van der Waals surface area contributed by atoms with Crippen LogP contribution in [0.2, 0.25) is 0 Å². The van der Waals surface area contributed by atoms with Crippen LogP contribution >= 0.6 is 0 Å². The maximum absolute atomic E-state index is 13.2. The Bertz CT molecular complexity index is 624. The fourth-order valence-corrected chi connectivity index (χ4v) is 2.30. The summed E-state index contributed by atoms with van der Waals surface area (Å²) in [5.41, 5.74) is 3.03. The molecular weight excluding hydrogens is 265 g/mol. The molecule has 0 radical (unpaired) electrons. The Morgan fingerprint density at radius 3 is 2.57 bits per heavy atom. The molecule has 0 bridgehead atoms. The van der Waals surface area contributed by atoms with Gasteiger partial charge in [-0.1, -0.05) is 36.4 Å². The first-order valence-electron chi connectivity index (χ1n) is 7.17. The number of nitrogens with zero attached hydrogens (tertiary/aromatic N) is 1. The van der Waals surface area contributed by atoms with Gasteiger partial charge in [0, 0.05) is 13.1 Å². The number of amides is 1. The van der Waals surface area contributed by atoms with Crippen LogP contribution in [0.3, 0.4) is 0 Å². The molecule has 3 heteroatoms. The predicted octanol–water partition coefficient (Wildman–Crippen LogP) is 3.73. The first-order valence-corrected chi connectivity index (χ1v) is 7.17. The summed E-state index contributed by atoms with van der Waals surface area (Å²) in [5, 5.41) is 0. The summed E-state index contributed by atoms with van der Waals surface area (Å²) < 4.78 is 13.2. The Morgan fingerprint density at radius 1 is 1.14 bits per heavy atom. The number of carbonyl (C=O) groups excluding carboxylic acids is 1. The standard InChI is InChI=1S/C18H20FNO/c1-3-20(13-16-9-5-4-7-14(16)2)18(21)12-15-8-6-10-17(19)11-15/h4-11H,3,12-13H2,1-2H3.